The molecule has 200 valence electrons. The fourth-order valence-corrected chi connectivity index (χ4v) is 6.66. The Morgan fingerprint density at radius 1 is 1.10 bits per heavy atom. The minimum Gasteiger partial charge on any atom is -0.345 e. The number of halogens is 3. The molecule has 2 atom stereocenters. The third-order valence-corrected chi connectivity index (χ3v) is 8.48. The summed E-state index contributed by atoms with van der Waals surface area (Å²) in [6.07, 6.45) is 3.17. The minimum atomic E-state index is -4.47. The summed E-state index contributed by atoms with van der Waals surface area (Å²) in [5, 5.41) is 8.75. The first-order valence-corrected chi connectivity index (χ1v) is 13.2. The number of nitrogens with zero attached hydrogens (tertiary/aromatic N) is 6. The maximum absolute atomic E-state index is 13.1. The number of allylic oxidation sites excluding steroid dienone is 2. The van der Waals surface area contributed by atoms with Gasteiger partial charge in [-0.05, 0) is 38.3 Å². The van der Waals surface area contributed by atoms with Crippen LogP contribution in [0.25, 0.3) is 11.3 Å². The van der Waals surface area contributed by atoms with Crippen molar-refractivity contribution in [3.63, 3.8) is 0 Å². The average molecular weight is 532 g/mol. The highest BCUT2D eigenvalue weighted by Crippen LogP contribution is 2.55. The van der Waals surface area contributed by atoms with Crippen LogP contribution in [0.4, 0.5) is 19.1 Å². The number of rotatable bonds is 2. The second-order valence-electron chi connectivity index (χ2n) is 11.0. The van der Waals surface area contributed by atoms with E-state index in [1.165, 1.54) is 11.1 Å². The molecule has 4 aliphatic rings. The summed E-state index contributed by atoms with van der Waals surface area (Å²) in [7, 11) is 0. The number of fused-ring (bicyclic) bond motifs is 9. The van der Waals surface area contributed by atoms with Crippen molar-refractivity contribution >= 4 is 17.4 Å². The predicted octanol–water partition coefficient (Wildman–Crippen LogP) is 5.14. The van der Waals surface area contributed by atoms with E-state index >= 15 is 0 Å². The van der Waals surface area contributed by atoms with Crippen molar-refractivity contribution in [1.82, 2.24) is 25.1 Å². The Balaban J connectivity index is 1.41. The fraction of sp³-hybridized carbons (Fsp3) is 0.379. The van der Waals surface area contributed by atoms with E-state index in [2.05, 4.69) is 71.1 Å². The number of aliphatic imine (C=N–C) groups is 1. The van der Waals surface area contributed by atoms with Gasteiger partial charge in [0, 0.05) is 43.0 Å². The number of anilines is 1. The topological polar surface area (TPSA) is 71.2 Å². The van der Waals surface area contributed by atoms with Crippen LogP contribution in [-0.2, 0) is 31.0 Å². The third kappa shape index (κ3) is 3.29. The Morgan fingerprint density at radius 3 is 2.59 bits per heavy atom. The van der Waals surface area contributed by atoms with Crippen LogP contribution in [0.2, 0.25) is 0 Å². The van der Waals surface area contributed by atoms with Gasteiger partial charge in [0.2, 0.25) is 5.95 Å². The molecular weight excluding hydrogens is 503 g/mol. The SMILES string of the molecule is CCc1cccc2c1-n1nc3c(c1C1(C)C=CC4(C)N=C(C)NC4=C21)CN(c1ncc(C(F)(F)F)cn1)CC3. The first-order valence-electron chi connectivity index (χ1n) is 13.2. The van der Waals surface area contributed by atoms with Crippen LogP contribution in [-0.4, -0.2) is 37.7 Å². The number of para-hydroxylation sites is 1. The van der Waals surface area contributed by atoms with Crippen molar-refractivity contribution < 1.29 is 13.2 Å². The van der Waals surface area contributed by atoms with Gasteiger partial charge in [0.1, 0.15) is 5.54 Å². The molecule has 1 aromatic carbocycles. The van der Waals surface area contributed by atoms with E-state index in [0.29, 0.717) is 19.5 Å². The number of aryl methyl sites for hydroxylation is 1. The molecule has 2 aromatic heterocycles. The molecular formula is C29H28F3N7. The molecule has 3 aliphatic heterocycles. The number of aromatic nitrogens is 4. The maximum atomic E-state index is 13.1. The van der Waals surface area contributed by atoms with Gasteiger partial charge in [-0.3, -0.25) is 4.99 Å². The van der Waals surface area contributed by atoms with E-state index in [1.54, 1.807) is 0 Å². The minimum absolute atomic E-state index is 0.288. The second kappa shape index (κ2) is 7.80. The van der Waals surface area contributed by atoms with Crippen molar-refractivity contribution in [2.75, 3.05) is 11.4 Å². The molecule has 39 heavy (non-hydrogen) atoms. The van der Waals surface area contributed by atoms with Crippen LogP contribution in [0, 0.1) is 0 Å². The van der Waals surface area contributed by atoms with E-state index < -0.39 is 22.7 Å². The fourth-order valence-electron chi connectivity index (χ4n) is 6.66. The van der Waals surface area contributed by atoms with E-state index in [0.717, 1.165) is 58.5 Å². The zero-order valence-corrected chi connectivity index (χ0v) is 22.2. The molecule has 3 aromatic rings. The van der Waals surface area contributed by atoms with Gasteiger partial charge < -0.3 is 10.2 Å². The molecule has 0 radical (unpaired) electrons. The quantitative estimate of drug-likeness (QED) is 0.464. The molecule has 7 nitrogen and oxygen atoms in total. The zero-order valence-electron chi connectivity index (χ0n) is 22.2. The van der Waals surface area contributed by atoms with Crippen LogP contribution in [0.5, 0.6) is 0 Å². The Bertz CT molecular complexity index is 1630. The Hall–Kier alpha value is -3.95. The normalized spacial score (nSPS) is 24.9. The molecule has 1 aliphatic carbocycles. The maximum Gasteiger partial charge on any atom is 0.419 e. The summed E-state index contributed by atoms with van der Waals surface area (Å²) in [5.74, 6) is 1.17. The Kier molecular flexibility index (Phi) is 4.82. The van der Waals surface area contributed by atoms with Crippen LogP contribution in [0.3, 0.4) is 0 Å². The lowest BCUT2D eigenvalue weighted by molar-refractivity contribution is -0.138. The number of hydrogen-bond donors (Lipinski definition) is 1. The first kappa shape index (κ1) is 24.1. The third-order valence-electron chi connectivity index (χ3n) is 8.48. The van der Waals surface area contributed by atoms with Crippen molar-refractivity contribution in [2.45, 2.75) is 64.2 Å². The molecule has 0 bridgehead atoms. The van der Waals surface area contributed by atoms with Gasteiger partial charge in [-0.25, -0.2) is 14.6 Å². The van der Waals surface area contributed by atoms with Crippen molar-refractivity contribution in [3.8, 4) is 5.69 Å². The van der Waals surface area contributed by atoms with E-state index in [-0.39, 0.29) is 5.95 Å². The Labute approximate surface area is 224 Å². The van der Waals surface area contributed by atoms with Crippen LogP contribution < -0.4 is 10.2 Å². The van der Waals surface area contributed by atoms with E-state index in [9.17, 15) is 13.2 Å². The van der Waals surface area contributed by atoms with Gasteiger partial charge >= 0.3 is 6.18 Å². The first-order chi connectivity index (χ1) is 18.5. The molecule has 0 fully saturated rings. The molecule has 7 rings (SSSR count). The number of benzene rings is 1. The lowest BCUT2D eigenvalue weighted by atomic mass is 9.65. The lowest BCUT2D eigenvalue weighted by Crippen LogP contribution is -2.41. The van der Waals surface area contributed by atoms with Gasteiger partial charge in [-0.2, -0.15) is 18.3 Å². The lowest BCUT2D eigenvalue weighted by Gasteiger charge is -2.43. The van der Waals surface area contributed by atoms with E-state index in [1.807, 2.05) is 11.8 Å². The molecule has 10 heteroatoms. The van der Waals surface area contributed by atoms with Crippen LogP contribution >= 0.6 is 0 Å². The number of alkyl halides is 3. The number of hydrogen-bond acceptors (Lipinski definition) is 6. The van der Waals surface area contributed by atoms with Crippen LogP contribution in [0.15, 0.2) is 53.4 Å². The molecule has 2 unspecified atom stereocenters. The summed E-state index contributed by atoms with van der Waals surface area (Å²) >= 11 is 0. The standard InChI is InChI=1S/C29H28F3N7/c1-5-17-7-6-8-19-22-24-28(4,36-16(2)35-24)11-10-27(22,3)25-20-15-38(12-9-21(20)37-39(25)23(17)19)26-33-13-18(14-34-26)29(30,31)32/h6-8,10-11,13-14H,5,9,12,15H2,1-4H3,(H,35,36). The molecule has 0 saturated carbocycles. The summed E-state index contributed by atoms with van der Waals surface area (Å²) < 4.78 is 41.4. The van der Waals surface area contributed by atoms with Gasteiger partial charge in [0.15, 0.2) is 0 Å². The number of amidine groups is 1. The highest BCUT2D eigenvalue weighted by atomic mass is 19.4. The summed E-state index contributed by atoms with van der Waals surface area (Å²) in [6, 6.07) is 6.44. The second-order valence-corrected chi connectivity index (χ2v) is 11.0. The Morgan fingerprint density at radius 2 is 1.87 bits per heavy atom. The highest BCUT2D eigenvalue weighted by Gasteiger charge is 2.51. The van der Waals surface area contributed by atoms with Crippen LogP contribution in [0.1, 0.15) is 61.3 Å². The molecule has 0 spiro atoms. The van der Waals surface area contributed by atoms with Crippen molar-refractivity contribution in [1.29, 1.82) is 0 Å². The largest absolute Gasteiger partial charge is 0.419 e. The van der Waals surface area contributed by atoms with Gasteiger partial charge in [0.25, 0.3) is 0 Å². The van der Waals surface area contributed by atoms with Crippen molar-refractivity contribution in [3.05, 3.63) is 82.1 Å². The molecule has 1 N–H and O–H groups in total. The smallest absolute Gasteiger partial charge is 0.345 e. The summed E-state index contributed by atoms with van der Waals surface area (Å²) in [4.78, 5) is 15.0. The monoisotopic (exact) mass is 531 g/mol. The highest BCUT2D eigenvalue weighted by molar-refractivity contribution is 5.96. The van der Waals surface area contributed by atoms with Gasteiger partial charge in [0.05, 0.1) is 39.6 Å². The average Bonchev–Trinajstić information content (AvgIpc) is 3.44. The molecule has 0 saturated heterocycles. The zero-order chi connectivity index (χ0) is 27.3. The molecule has 5 heterocycles. The summed E-state index contributed by atoms with van der Waals surface area (Å²) in [5.41, 5.74) is 7.06. The molecule has 0 amide bonds. The number of nitrogens with one attached hydrogen (secondary N) is 1. The van der Waals surface area contributed by atoms with Gasteiger partial charge in [-0.1, -0.05) is 37.3 Å². The summed E-state index contributed by atoms with van der Waals surface area (Å²) in [6.45, 7) is 9.53. The van der Waals surface area contributed by atoms with Gasteiger partial charge in [-0.15, -0.1) is 0 Å². The van der Waals surface area contributed by atoms with Crippen molar-refractivity contribution in [2.24, 2.45) is 4.99 Å². The predicted molar refractivity (Wildman–Crippen MR) is 143 cm³/mol. The van der Waals surface area contributed by atoms with E-state index in [4.69, 9.17) is 10.1 Å².